The van der Waals surface area contributed by atoms with Crippen LogP contribution in [0.5, 0.6) is 0 Å². The fourth-order valence-corrected chi connectivity index (χ4v) is 1.62. The number of nitro groups is 1. The molecule has 1 aromatic carbocycles. The number of rotatable bonds is 6. The summed E-state index contributed by atoms with van der Waals surface area (Å²) in [6.07, 6.45) is 2.15. The molecule has 0 aliphatic carbocycles. The summed E-state index contributed by atoms with van der Waals surface area (Å²) in [6, 6.07) is 7.50. The van der Waals surface area contributed by atoms with Crippen LogP contribution in [0, 0.1) is 15.9 Å². The number of anilines is 1. The van der Waals surface area contributed by atoms with Gasteiger partial charge in [-0.1, -0.05) is 6.07 Å². The average Bonchev–Trinajstić information content (AvgIpc) is 2.68. The number of hydrogen-bond donors (Lipinski definition) is 1. The lowest BCUT2D eigenvalue weighted by Crippen LogP contribution is -2.21. The highest BCUT2D eigenvalue weighted by molar-refractivity contribution is 5.95. The molecule has 0 atom stereocenters. The SMILES string of the molecule is CN(C)C=O.O=C(COC(=O)c1ccccn1)Nc1ccc(F)c([N+](=O)[O-])c1. The number of nitrogens with zero attached hydrogens (tertiary/aromatic N) is 3. The zero-order valence-electron chi connectivity index (χ0n) is 15.0. The lowest BCUT2D eigenvalue weighted by Gasteiger charge is -2.06. The lowest BCUT2D eigenvalue weighted by molar-refractivity contribution is -0.387. The molecule has 0 unspecified atom stereocenters. The predicted molar refractivity (Wildman–Crippen MR) is 96.0 cm³/mol. The summed E-state index contributed by atoms with van der Waals surface area (Å²) in [5, 5.41) is 12.9. The Morgan fingerprint density at radius 3 is 2.54 bits per heavy atom. The first kappa shape index (κ1) is 22.2. The molecule has 0 bridgehead atoms. The minimum absolute atomic E-state index is 0.0111. The Hall–Kier alpha value is -3.89. The van der Waals surface area contributed by atoms with E-state index in [0.29, 0.717) is 0 Å². The number of carbonyl (C=O) groups excluding carboxylic acids is 3. The monoisotopic (exact) mass is 392 g/mol. The number of halogens is 1. The van der Waals surface area contributed by atoms with Gasteiger partial charge in [0, 0.05) is 32.0 Å². The highest BCUT2D eigenvalue weighted by Crippen LogP contribution is 2.21. The van der Waals surface area contributed by atoms with Crippen molar-refractivity contribution in [2.45, 2.75) is 0 Å². The number of amides is 2. The molecule has 28 heavy (non-hydrogen) atoms. The summed E-state index contributed by atoms with van der Waals surface area (Å²) >= 11 is 0. The molecule has 2 amide bonds. The molecule has 0 aliphatic heterocycles. The van der Waals surface area contributed by atoms with E-state index in [9.17, 15) is 28.9 Å². The maximum absolute atomic E-state index is 13.2. The molecule has 0 spiro atoms. The van der Waals surface area contributed by atoms with E-state index in [1.807, 2.05) is 0 Å². The average molecular weight is 392 g/mol. The minimum atomic E-state index is -1.02. The molecule has 148 valence electrons. The molecule has 0 aliphatic rings. The fraction of sp³-hybridized carbons (Fsp3) is 0.176. The number of aromatic nitrogens is 1. The number of carbonyl (C=O) groups is 3. The van der Waals surface area contributed by atoms with E-state index in [-0.39, 0.29) is 11.4 Å². The second-order valence-corrected chi connectivity index (χ2v) is 5.33. The molecule has 0 radical (unpaired) electrons. The number of ether oxygens (including phenoxy) is 1. The van der Waals surface area contributed by atoms with Gasteiger partial charge in [0.15, 0.2) is 6.61 Å². The van der Waals surface area contributed by atoms with Crippen LogP contribution in [0.25, 0.3) is 0 Å². The third-order valence-electron chi connectivity index (χ3n) is 2.85. The number of nitro benzene ring substituents is 1. The van der Waals surface area contributed by atoms with Crippen molar-refractivity contribution in [1.29, 1.82) is 0 Å². The van der Waals surface area contributed by atoms with Crippen LogP contribution >= 0.6 is 0 Å². The van der Waals surface area contributed by atoms with Gasteiger partial charge in [0.1, 0.15) is 5.69 Å². The van der Waals surface area contributed by atoms with Crippen molar-refractivity contribution in [3.8, 4) is 0 Å². The molecule has 2 aromatic rings. The van der Waals surface area contributed by atoms with Crippen LogP contribution in [0.15, 0.2) is 42.6 Å². The molecule has 1 heterocycles. The first-order valence-corrected chi connectivity index (χ1v) is 7.68. The highest BCUT2D eigenvalue weighted by Gasteiger charge is 2.16. The number of hydrogen-bond acceptors (Lipinski definition) is 7. The van der Waals surface area contributed by atoms with Gasteiger partial charge in [-0.3, -0.25) is 19.7 Å². The molecule has 1 N–H and O–H groups in total. The molecule has 10 nitrogen and oxygen atoms in total. The van der Waals surface area contributed by atoms with Gasteiger partial charge >= 0.3 is 11.7 Å². The second-order valence-electron chi connectivity index (χ2n) is 5.33. The number of pyridine rings is 1. The van der Waals surface area contributed by atoms with Crippen LogP contribution in [0.3, 0.4) is 0 Å². The summed E-state index contributed by atoms with van der Waals surface area (Å²) in [7, 11) is 3.38. The Morgan fingerprint density at radius 2 is 2.00 bits per heavy atom. The van der Waals surface area contributed by atoms with Crippen LogP contribution in [-0.2, 0) is 14.3 Å². The molecule has 0 saturated heterocycles. The minimum Gasteiger partial charge on any atom is -0.451 e. The predicted octanol–water partition coefficient (Wildman–Crippen LogP) is 1.63. The van der Waals surface area contributed by atoms with Gasteiger partial charge in [-0.2, -0.15) is 4.39 Å². The molecule has 0 saturated carbocycles. The van der Waals surface area contributed by atoms with Crippen molar-refractivity contribution >= 4 is 29.7 Å². The van der Waals surface area contributed by atoms with Crippen molar-refractivity contribution in [3.63, 3.8) is 0 Å². The Kier molecular flexibility index (Phi) is 8.67. The van der Waals surface area contributed by atoms with Gasteiger partial charge in [-0.25, -0.2) is 9.78 Å². The van der Waals surface area contributed by atoms with E-state index in [1.54, 1.807) is 26.2 Å². The molecule has 1 aromatic heterocycles. The van der Waals surface area contributed by atoms with E-state index >= 15 is 0 Å². The topological polar surface area (TPSA) is 132 Å². The summed E-state index contributed by atoms with van der Waals surface area (Å²) in [5.41, 5.74) is -0.719. The van der Waals surface area contributed by atoms with Crippen LogP contribution < -0.4 is 5.32 Å². The maximum atomic E-state index is 13.2. The Morgan fingerprint density at radius 1 is 1.32 bits per heavy atom. The summed E-state index contributed by atoms with van der Waals surface area (Å²) < 4.78 is 17.9. The Balaban J connectivity index is 0.000000696. The highest BCUT2D eigenvalue weighted by atomic mass is 19.1. The summed E-state index contributed by atoms with van der Waals surface area (Å²) in [4.78, 5) is 47.6. The van der Waals surface area contributed by atoms with Gasteiger partial charge < -0.3 is 15.0 Å². The van der Waals surface area contributed by atoms with Crippen LogP contribution in [-0.4, -0.2) is 53.8 Å². The molecule has 2 rings (SSSR count). The molecule has 0 fully saturated rings. The van der Waals surface area contributed by atoms with Crippen LogP contribution in [0.4, 0.5) is 15.8 Å². The van der Waals surface area contributed by atoms with Crippen molar-refractivity contribution in [2.75, 3.05) is 26.0 Å². The van der Waals surface area contributed by atoms with Gasteiger partial charge in [-0.15, -0.1) is 0 Å². The van der Waals surface area contributed by atoms with Gasteiger partial charge in [0.25, 0.3) is 5.91 Å². The largest absolute Gasteiger partial charge is 0.451 e. The Labute approximate surface area is 159 Å². The van der Waals surface area contributed by atoms with Gasteiger partial charge in [0.05, 0.1) is 4.92 Å². The fourth-order valence-electron chi connectivity index (χ4n) is 1.62. The third-order valence-corrected chi connectivity index (χ3v) is 2.85. The van der Waals surface area contributed by atoms with Gasteiger partial charge in [-0.05, 0) is 24.3 Å². The van der Waals surface area contributed by atoms with Crippen molar-refractivity contribution < 1.29 is 28.4 Å². The first-order valence-electron chi connectivity index (χ1n) is 7.68. The van der Waals surface area contributed by atoms with E-state index in [4.69, 9.17) is 4.74 Å². The van der Waals surface area contributed by atoms with E-state index in [1.165, 1.54) is 17.2 Å². The molecular formula is C17H17FN4O6. The van der Waals surface area contributed by atoms with Crippen molar-refractivity contribution in [1.82, 2.24) is 9.88 Å². The van der Waals surface area contributed by atoms with Crippen LogP contribution in [0.1, 0.15) is 10.5 Å². The van der Waals surface area contributed by atoms with Crippen molar-refractivity contribution in [2.24, 2.45) is 0 Å². The zero-order valence-corrected chi connectivity index (χ0v) is 15.0. The standard InChI is InChI=1S/C14H10FN3O5.C3H7NO/c15-10-5-4-9(7-12(10)18(21)22)17-13(19)8-23-14(20)11-3-1-2-6-16-11;1-4(2)3-5/h1-7H,8H2,(H,17,19);3H,1-2H3. The van der Waals surface area contributed by atoms with E-state index in [0.717, 1.165) is 24.6 Å². The first-order chi connectivity index (χ1) is 13.2. The summed E-state index contributed by atoms with van der Waals surface area (Å²) in [5.74, 6) is -2.53. The van der Waals surface area contributed by atoms with Crippen molar-refractivity contribution in [3.05, 3.63) is 64.2 Å². The number of esters is 1. The van der Waals surface area contributed by atoms with Gasteiger partial charge in [0.2, 0.25) is 12.2 Å². The smallest absolute Gasteiger partial charge is 0.357 e. The number of nitrogens with one attached hydrogen (secondary N) is 1. The van der Waals surface area contributed by atoms with E-state index < -0.39 is 34.9 Å². The quantitative estimate of drug-likeness (QED) is 0.342. The lowest BCUT2D eigenvalue weighted by atomic mass is 10.2. The van der Waals surface area contributed by atoms with E-state index in [2.05, 4.69) is 10.3 Å². The molecular weight excluding hydrogens is 375 g/mol. The molecule has 11 heteroatoms. The third kappa shape index (κ3) is 7.56. The maximum Gasteiger partial charge on any atom is 0.357 e. The zero-order chi connectivity index (χ0) is 21.1. The normalized spacial score (nSPS) is 9.39. The number of benzene rings is 1. The summed E-state index contributed by atoms with van der Waals surface area (Å²) in [6.45, 7) is -0.611. The Bertz CT molecular complexity index is 845. The van der Waals surface area contributed by atoms with Crippen LogP contribution in [0.2, 0.25) is 0 Å². The second kappa shape index (κ2) is 11.0.